The minimum absolute atomic E-state index is 0.159. The number of ether oxygens (including phenoxy) is 1. The molecule has 1 atom stereocenters. The number of hydrogen-bond acceptors (Lipinski definition) is 4. The number of benzene rings is 2. The second kappa shape index (κ2) is 6.13. The standard InChI is InChI=1S/C22H23N3O2/c1-27-14-7-8-17-19(13-14)25-22(10-4-12-26)20(17)23-11-9-16-15-5-2-3-6-18(15)24-21(16)22/h2-3,5-8,13,24-26H,4,9-12H2,1H3. The van der Waals surface area contributed by atoms with Gasteiger partial charge in [0.05, 0.1) is 18.5 Å². The lowest BCUT2D eigenvalue weighted by Gasteiger charge is -2.30. The maximum absolute atomic E-state index is 9.57. The summed E-state index contributed by atoms with van der Waals surface area (Å²) < 4.78 is 5.42. The van der Waals surface area contributed by atoms with Crippen molar-refractivity contribution in [3.05, 3.63) is 59.3 Å². The van der Waals surface area contributed by atoms with Crippen molar-refractivity contribution in [1.29, 1.82) is 0 Å². The van der Waals surface area contributed by atoms with Gasteiger partial charge in [-0.2, -0.15) is 0 Å². The van der Waals surface area contributed by atoms with E-state index in [1.54, 1.807) is 7.11 Å². The van der Waals surface area contributed by atoms with Crippen LogP contribution < -0.4 is 10.1 Å². The number of methoxy groups -OCH3 is 1. The van der Waals surface area contributed by atoms with Crippen LogP contribution in [0.2, 0.25) is 0 Å². The van der Waals surface area contributed by atoms with Gasteiger partial charge in [0.2, 0.25) is 0 Å². The maximum Gasteiger partial charge on any atom is 0.121 e. The van der Waals surface area contributed by atoms with E-state index in [0.717, 1.165) is 47.6 Å². The zero-order valence-corrected chi connectivity index (χ0v) is 15.4. The molecule has 2 aliphatic heterocycles. The van der Waals surface area contributed by atoms with Crippen LogP contribution in [0.4, 0.5) is 5.69 Å². The zero-order valence-electron chi connectivity index (χ0n) is 15.4. The van der Waals surface area contributed by atoms with Crippen LogP contribution in [-0.4, -0.2) is 36.1 Å². The molecule has 138 valence electrons. The summed E-state index contributed by atoms with van der Waals surface area (Å²) in [6, 6.07) is 14.6. The Bertz CT molecular complexity index is 1050. The van der Waals surface area contributed by atoms with E-state index in [-0.39, 0.29) is 6.61 Å². The number of aromatic nitrogens is 1. The van der Waals surface area contributed by atoms with E-state index in [4.69, 9.17) is 9.73 Å². The Morgan fingerprint density at radius 1 is 1.22 bits per heavy atom. The van der Waals surface area contributed by atoms with E-state index >= 15 is 0 Å². The van der Waals surface area contributed by atoms with E-state index in [1.165, 1.54) is 16.6 Å². The fourth-order valence-corrected chi connectivity index (χ4v) is 4.63. The van der Waals surface area contributed by atoms with E-state index in [9.17, 15) is 5.11 Å². The van der Waals surface area contributed by atoms with Crippen LogP contribution in [0.15, 0.2) is 47.5 Å². The minimum atomic E-state index is -0.442. The van der Waals surface area contributed by atoms with Gasteiger partial charge >= 0.3 is 0 Å². The van der Waals surface area contributed by atoms with Crippen LogP contribution in [0.1, 0.15) is 29.7 Å². The molecule has 3 heterocycles. The molecule has 0 saturated carbocycles. The van der Waals surface area contributed by atoms with Crippen molar-refractivity contribution in [2.24, 2.45) is 4.99 Å². The number of anilines is 1. The summed E-state index contributed by atoms with van der Waals surface area (Å²) in [6.45, 7) is 0.921. The lowest BCUT2D eigenvalue weighted by molar-refractivity contribution is 0.276. The Balaban J connectivity index is 1.75. The Hall–Kier alpha value is -2.79. The molecule has 0 amide bonds. The third-order valence-electron chi connectivity index (χ3n) is 5.82. The van der Waals surface area contributed by atoms with Crippen LogP contribution in [-0.2, 0) is 12.0 Å². The van der Waals surface area contributed by atoms with Gasteiger partial charge in [0.1, 0.15) is 11.3 Å². The lowest BCUT2D eigenvalue weighted by atomic mass is 9.83. The predicted octanol–water partition coefficient (Wildman–Crippen LogP) is 3.62. The van der Waals surface area contributed by atoms with Crippen LogP contribution in [0.25, 0.3) is 10.9 Å². The van der Waals surface area contributed by atoms with E-state index in [0.29, 0.717) is 6.42 Å². The van der Waals surface area contributed by atoms with Crippen LogP contribution in [0.5, 0.6) is 5.75 Å². The first kappa shape index (κ1) is 16.4. The Kier molecular flexibility index (Phi) is 3.72. The van der Waals surface area contributed by atoms with Crippen molar-refractivity contribution < 1.29 is 9.84 Å². The quantitative estimate of drug-likeness (QED) is 0.665. The highest BCUT2D eigenvalue weighted by atomic mass is 16.5. The third-order valence-corrected chi connectivity index (χ3v) is 5.82. The van der Waals surface area contributed by atoms with Crippen molar-refractivity contribution in [1.82, 2.24) is 4.98 Å². The molecule has 5 rings (SSSR count). The van der Waals surface area contributed by atoms with Gasteiger partial charge in [-0.15, -0.1) is 0 Å². The molecule has 1 aromatic heterocycles. The molecule has 5 heteroatoms. The topological polar surface area (TPSA) is 69.6 Å². The van der Waals surface area contributed by atoms with Gasteiger partial charge in [-0.1, -0.05) is 18.2 Å². The summed E-state index contributed by atoms with van der Waals surface area (Å²) in [6.07, 6.45) is 2.39. The molecule has 5 nitrogen and oxygen atoms in total. The minimum Gasteiger partial charge on any atom is -0.497 e. The Morgan fingerprint density at radius 3 is 2.96 bits per heavy atom. The van der Waals surface area contributed by atoms with Gasteiger partial charge in [0.25, 0.3) is 0 Å². The second-order valence-electron chi connectivity index (χ2n) is 7.27. The highest BCUT2D eigenvalue weighted by Crippen LogP contribution is 2.47. The number of rotatable bonds is 4. The molecule has 0 saturated heterocycles. The molecule has 2 aromatic carbocycles. The molecule has 27 heavy (non-hydrogen) atoms. The first-order valence-electron chi connectivity index (χ1n) is 9.49. The second-order valence-corrected chi connectivity index (χ2v) is 7.27. The molecular weight excluding hydrogens is 338 g/mol. The average Bonchev–Trinajstić information content (AvgIpc) is 3.18. The van der Waals surface area contributed by atoms with Crippen LogP contribution in [0.3, 0.4) is 0 Å². The molecule has 0 bridgehead atoms. The van der Waals surface area contributed by atoms with Gasteiger partial charge in [-0.25, -0.2) is 0 Å². The summed E-state index contributed by atoms with van der Waals surface area (Å²) in [7, 11) is 1.68. The molecule has 1 unspecified atom stereocenters. The number of aromatic amines is 1. The summed E-state index contributed by atoms with van der Waals surface area (Å²) >= 11 is 0. The molecule has 2 aliphatic rings. The molecular formula is C22H23N3O2. The van der Waals surface area contributed by atoms with E-state index in [2.05, 4.69) is 40.6 Å². The van der Waals surface area contributed by atoms with Gasteiger partial charge < -0.3 is 20.1 Å². The van der Waals surface area contributed by atoms with Gasteiger partial charge in [0, 0.05) is 41.4 Å². The van der Waals surface area contributed by atoms with Crippen LogP contribution in [0, 0.1) is 0 Å². The number of aliphatic hydroxyl groups is 1. The zero-order chi connectivity index (χ0) is 18.4. The molecule has 3 N–H and O–H groups in total. The normalized spacial score (nSPS) is 20.3. The molecule has 0 spiro atoms. The summed E-state index contributed by atoms with van der Waals surface area (Å²) in [5.41, 5.74) is 6.46. The molecule has 0 aliphatic carbocycles. The molecule has 0 fully saturated rings. The smallest absolute Gasteiger partial charge is 0.121 e. The largest absolute Gasteiger partial charge is 0.497 e. The van der Waals surface area contributed by atoms with Gasteiger partial charge in [-0.3, -0.25) is 4.99 Å². The molecule has 0 radical (unpaired) electrons. The number of para-hydroxylation sites is 1. The average molecular weight is 361 g/mol. The van der Waals surface area contributed by atoms with Gasteiger partial charge in [-0.05, 0) is 43.0 Å². The Labute approximate surface area is 158 Å². The summed E-state index contributed by atoms with van der Waals surface area (Å²) in [5.74, 6) is 0.826. The Morgan fingerprint density at radius 2 is 2.11 bits per heavy atom. The number of hydrogen-bond donors (Lipinski definition) is 3. The highest BCUT2D eigenvalue weighted by molar-refractivity contribution is 6.17. The third kappa shape index (κ3) is 2.31. The van der Waals surface area contributed by atoms with Crippen molar-refractivity contribution in [3.8, 4) is 5.75 Å². The van der Waals surface area contributed by atoms with E-state index in [1.807, 2.05) is 12.1 Å². The monoisotopic (exact) mass is 361 g/mol. The lowest BCUT2D eigenvalue weighted by Crippen LogP contribution is -2.40. The number of fused-ring (bicyclic) bond motifs is 7. The van der Waals surface area contributed by atoms with Crippen molar-refractivity contribution in [2.75, 3.05) is 25.6 Å². The number of aliphatic imine (C=N–C) groups is 1. The maximum atomic E-state index is 9.57. The number of nitrogens with zero attached hydrogens (tertiary/aromatic N) is 1. The van der Waals surface area contributed by atoms with Gasteiger partial charge in [0.15, 0.2) is 0 Å². The fourth-order valence-electron chi connectivity index (χ4n) is 4.63. The first-order chi connectivity index (χ1) is 13.3. The first-order valence-corrected chi connectivity index (χ1v) is 9.49. The number of aliphatic hydroxyl groups excluding tert-OH is 1. The number of H-pyrrole nitrogens is 1. The fraction of sp³-hybridized carbons (Fsp3) is 0.318. The molecule has 3 aromatic rings. The van der Waals surface area contributed by atoms with Crippen LogP contribution >= 0.6 is 0 Å². The SMILES string of the molecule is COc1ccc2c(c1)NC1(CCCO)C2=NCCc2c1[nH]c1ccccc21. The van der Waals surface area contributed by atoms with E-state index < -0.39 is 5.54 Å². The van der Waals surface area contributed by atoms with Crippen molar-refractivity contribution in [2.45, 2.75) is 24.8 Å². The highest BCUT2D eigenvalue weighted by Gasteiger charge is 2.47. The van der Waals surface area contributed by atoms with Crippen molar-refractivity contribution in [3.63, 3.8) is 0 Å². The summed E-state index contributed by atoms with van der Waals surface area (Å²) in [4.78, 5) is 8.70. The predicted molar refractivity (Wildman–Crippen MR) is 108 cm³/mol. The van der Waals surface area contributed by atoms with Crippen molar-refractivity contribution >= 4 is 22.3 Å². The summed E-state index contributed by atoms with van der Waals surface area (Å²) in [5, 5.41) is 14.6. The number of nitrogens with one attached hydrogen (secondary N) is 2.